The number of halogens is 1. The zero-order valence-corrected chi connectivity index (χ0v) is 14.1. The number of carbonyl (C=O) groups excluding carboxylic acids is 1. The van der Waals surface area contributed by atoms with Gasteiger partial charge in [-0.25, -0.2) is 9.18 Å². The second-order valence-electron chi connectivity index (χ2n) is 5.66. The monoisotopic (exact) mass is 352 g/mol. The summed E-state index contributed by atoms with van der Waals surface area (Å²) in [4.78, 5) is 24.0. The number of esters is 1. The molecule has 6 heteroatoms. The topological polar surface area (TPSA) is 74.3 Å². The van der Waals surface area contributed by atoms with Gasteiger partial charge in [0.25, 0.3) is 5.56 Å². The van der Waals surface area contributed by atoms with Crippen molar-refractivity contribution in [2.75, 3.05) is 12.8 Å². The average molecular weight is 352 g/mol. The molecule has 26 heavy (non-hydrogen) atoms. The second kappa shape index (κ2) is 7.23. The number of benzene rings is 2. The Bertz CT molecular complexity index is 1060. The highest BCUT2D eigenvalue weighted by molar-refractivity contribution is 6.00. The molecule has 2 N–H and O–H groups in total. The first kappa shape index (κ1) is 17.4. The molecule has 0 fully saturated rings. The van der Waals surface area contributed by atoms with Gasteiger partial charge in [0, 0.05) is 23.6 Å². The molecule has 2 aromatic carbocycles. The SMILES string of the molecule is COC(=O)/C=C/Cn1c(=O)c(N)c(-c2ccccc2)c2cc(F)ccc21. The van der Waals surface area contributed by atoms with Crippen LogP contribution in [0.4, 0.5) is 10.1 Å². The molecule has 0 aliphatic heterocycles. The lowest BCUT2D eigenvalue weighted by Gasteiger charge is -2.15. The van der Waals surface area contributed by atoms with Gasteiger partial charge in [-0.3, -0.25) is 4.79 Å². The Balaban J connectivity index is 2.26. The minimum Gasteiger partial charge on any atom is -0.466 e. The fourth-order valence-corrected chi connectivity index (χ4v) is 2.87. The number of hydrogen-bond acceptors (Lipinski definition) is 4. The predicted molar refractivity (Wildman–Crippen MR) is 99.2 cm³/mol. The van der Waals surface area contributed by atoms with Crippen molar-refractivity contribution in [3.05, 3.63) is 76.9 Å². The van der Waals surface area contributed by atoms with Gasteiger partial charge in [0.2, 0.25) is 0 Å². The molecule has 0 saturated carbocycles. The summed E-state index contributed by atoms with van der Waals surface area (Å²) < 4.78 is 19.8. The molecule has 3 rings (SSSR count). The van der Waals surface area contributed by atoms with Crippen LogP contribution in [0, 0.1) is 5.82 Å². The van der Waals surface area contributed by atoms with Gasteiger partial charge in [0.05, 0.1) is 12.6 Å². The van der Waals surface area contributed by atoms with Crippen LogP contribution in [0.5, 0.6) is 0 Å². The molecule has 0 aliphatic rings. The summed E-state index contributed by atoms with van der Waals surface area (Å²) in [5.41, 5.74) is 7.50. The highest BCUT2D eigenvalue weighted by Crippen LogP contribution is 2.32. The number of anilines is 1. The predicted octanol–water partition coefficient (Wildman–Crippen LogP) is 3.12. The largest absolute Gasteiger partial charge is 0.466 e. The summed E-state index contributed by atoms with van der Waals surface area (Å²) in [6.07, 6.45) is 2.72. The van der Waals surface area contributed by atoms with Crippen molar-refractivity contribution in [1.82, 2.24) is 4.57 Å². The van der Waals surface area contributed by atoms with Gasteiger partial charge in [-0.15, -0.1) is 0 Å². The Kier molecular flexibility index (Phi) is 4.84. The van der Waals surface area contributed by atoms with E-state index in [-0.39, 0.29) is 12.2 Å². The van der Waals surface area contributed by atoms with E-state index in [1.165, 1.54) is 42.0 Å². The molecule has 3 aromatic rings. The highest BCUT2D eigenvalue weighted by atomic mass is 19.1. The van der Waals surface area contributed by atoms with Crippen molar-refractivity contribution in [2.24, 2.45) is 0 Å². The molecule has 0 radical (unpaired) electrons. The van der Waals surface area contributed by atoms with E-state index in [9.17, 15) is 14.0 Å². The van der Waals surface area contributed by atoms with Gasteiger partial charge in [-0.1, -0.05) is 36.4 Å². The van der Waals surface area contributed by atoms with E-state index in [1.807, 2.05) is 30.3 Å². The number of hydrogen-bond donors (Lipinski definition) is 1. The first-order valence-corrected chi connectivity index (χ1v) is 7.94. The average Bonchev–Trinajstić information content (AvgIpc) is 2.65. The van der Waals surface area contributed by atoms with Crippen LogP contribution in [-0.2, 0) is 16.1 Å². The molecular formula is C20H17FN2O3. The summed E-state index contributed by atoms with van der Waals surface area (Å²) in [5.74, 6) is -0.952. The van der Waals surface area contributed by atoms with Gasteiger partial charge in [-0.05, 0) is 23.8 Å². The third kappa shape index (κ3) is 3.21. The van der Waals surface area contributed by atoms with Crippen LogP contribution in [0.15, 0.2) is 65.5 Å². The molecular weight excluding hydrogens is 335 g/mol. The van der Waals surface area contributed by atoms with Gasteiger partial charge in [0.15, 0.2) is 0 Å². The quantitative estimate of drug-likeness (QED) is 0.578. The van der Waals surface area contributed by atoms with Crippen LogP contribution >= 0.6 is 0 Å². The van der Waals surface area contributed by atoms with Gasteiger partial charge < -0.3 is 15.0 Å². The van der Waals surface area contributed by atoms with Crippen LogP contribution in [-0.4, -0.2) is 17.6 Å². The molecule has 0 spiro atoms. The molecule has 1 heterocycles. The number of aromatic nitrogens is 1. The van der Waals surface area contributed by atoms with E-state index in [1.54, 1.807) is 0 Å². The van der Waals surface area contributed by atoms with Crippen molar-refractivity contribution >= 4 is 22.6 Å². The third-order valence-corrected chi connectivity index (χ3v) is 4.07. The summed E-state index contributed by atoms with van der Waals surface area (Å²) in [5, 5.41) is 0.528. The fourth-order valence-electron chi connectivity index (χ4n) is 2.87. The molecule has 0 unspecified atom stereocenters. The van der Waals surface area contributed by atoms with Gasteiger partial charge >= 0.3 is 5.97 Å². The number of methoxy groups -OCH3 is 1. The fraction of sp³-hybridized carbons (Fsp3) is 0.100. The molecule has 132 valence electrons. The van der Waals surface area contributed by atoms with Crippen LogP contribution in [0.25, 0.3) is 22.0 Å². The lowest BCUT2D eigenvalue weighted by molar-refractivity contribution is -0.134. The number of pyridine rings is 1. The first-order valence-electron chi connectivity index (χ1n) is 7.94. The Hall–Kier alpha value is -3.41. The van der Waals surface area contributed by atoms with E-state index in [4.69, 9.17) is 5.73 Å². The van der Waals surface area contributed by atoms with Crippen LogP contribution < -0.4 is 11.3 Å². The molecule has 0 atom stereocenters. The number of rotatable bonds is 4. The molecule has 0 amide bonds. The molecule has 1 aromatic heterocycles. The summed E-state index contributed by atoms with van der Waals surface area (Å²) >= 11 is 0. The Morgan fingerprint density at radius 3 is 2.65 bits per heavy atom. The number of carbonyl (C=O) groups is 1. The second-order valence-corrected chi connectivity index (χ2v) is 5.66. The minimum atomic E-state index is -0.526. The Morgan fingerprint density at radius 1 is 1.23 bits per heavy atom. The van der Waals surface area contributed by atoms with Crippen molar-refractivity contribution < 1.29 is 13.9 Å². The number of nitrogens with zero attached hydrogens (tertiary/aromatic N) is 1. The maximum atomic E-state index is 13.9. The third-order valence-electron chi connectivity index (χ3n) is 4.07. The van der Waals surface area contributed by atoms with Crippen molar-refractivity contribution in [3.63, 3.8) is 0 Å². The van der Waals surface area contributed by atoms with Crippen LogP contribution in [0.1, 0.15) is 0 Å². The van der Waals surface area contributed by atoms with Crippen LogP contribution in [0.2, 0.25) is 0 Å². The summed E-state index contributed by atoms with van der Waals surface area (Å²) in [6, 6.07) is 13.3. The normalized spacial score (nSPS) is 11.2. The number of allylic oxidation sites excluding steroid dienone is 1. The van der Waals surface area contributed by atoms with E-state index in [2.05, 4.69) is 4.74 Å². The molecule has 0 saturated heterocycles. The zero-order valence-electron chi connectivity index (χ0n) is 14.1. The number of fused-ring (bicyclic) bond motifs is 1. The summed E-state index contributed by atoms with van der Waals surface area (Å²) in [6.45, 7) is 0.106. The minimum absolute atomic E-state index is 0.0285. The van der Waals surface area contributed by atoms with E-state index in [0.717, 1.165) is 5.56 Å². The van der Waals surface area contributed by atoms with Gasteiger partial charge in [0.1, 0.15) is 11.5 Å². The zero-order chi connectivity index (χ0) is 18.7. The van der Waals surface area contributed by atoms with Gasteiger partial charge in [-0.2, -0.15) is 0 Å². The van der Waals surface area contributed by atoms with E-state index < -0.39 is 17.3 Å². The number of nitrogens with two attached hydrogens (primary N) is 1. The standard InChI is InChI=1S/C20H17FN2O3/c1-26-17(24)8-5-11-23-16-10-9-14(21)12-15(16)18(19(22)20(23)25)13-6-3-2-4-7-13/h2-10,12H,11,22H2,1H3/b8-5+. The van der Waals surface area contributed by atoms with Crippen molar-refractivity contribution in [2.45, 2.75) is 6.54 Å². The Morgan fingerprint density at radius 2 is 1.96 bits per heavy atom. The highest BCUT2D eigenvalue weighted by Gasteiger charge is 2.16. The molecule has 5 nitrogen and oxygen atoms in total. The maximum Gasteiger partial charge on any atom is 0.330 e. The number of nitrogen functional groups attached to an aromatic ring is 1. The lowest BCUT2D eigenvalue weighted by Crippen LogP contribution is -2.24. The van der Waals surface area contributed by atoms with E-state index >= 15 is 0 Å². The Labute approximate surface area is 149 Å². The molecule has 0 aliphatic carbocycles. The number of ether oxygens (including phenoxy) is 1. The smallest absolute Gasteiger partial charge is 0.330 e. The van der Waals surface area contributed by atoms with Crippen molar-refractivity contribution in [1.29, 1.82) is 0 Å². The maximum absolute atomic E-state index is 13.9. The van der Waals surface area contributed by atoms with Crippen molar-refractivity contribution in [3.8, 4) is 11.1 Å². The lowest BCUT2D eigenvalue weighted by atomic mass is 9.99. The summed E-state index contributed by atoms with van der Waals surface area (Å²) in [7, 11) is 1.27. The first-order chi connectivity index (χ1) is 12.5. The molecule has 0 bridgehead atoms. The van der Waals surface area contributed by atoms with E-state index in [0.29, 0.717) is 16.5 Å². The van der Waals surface area contributed by atoms with Crippen LogP contribution in [0.3, 0.4) is 0 Å².